The van der Waals surface area contributed by atoms with Crippen molar-refractivity contribution in [1.29, 1.82) is 0 Å². The summed E-state index contributed by atoms with van der Waals surface area (Å²) in [5, 5.41) is 0. The topological polar surface area (TPSA) is 0 Å². The molecule has 5 atom stereocenters. The van der Waals surface area contributed by atoms with Gasteiger partial charge >= 0.3 is 0 Å². The average Bonchev–Trinajstić information content (AvgIpc) is 1.96. The van der Waals surface area contributed by atoms with Gasteiger partial charge in [0.25, 0.3) is 0 Å². The quantitative estimate of drug-likeness (QED) is 0.564. The van der Waals surface area contributed by atoms with E-state index in [0.717, 1.165) is 16.7 Å². The molecule has 4 aliphatic rings. The van der Waals surface area contributed by atoms with Crippen LogP contribution in [0.3, 0.4) is 0 Å². The van der Waals surface area contributed by atoms with Gasteiger partial charge in [-0.2, -0.15) is 0 Å². The van der Waals surface area contributed by atoms with E-state index in [1.54, 1.807) is 0 Å². The van der Waals surface area contributed by atoms with Gasteiger partial charge in [-0.1, -0.05) is 29.8 Å². The standard InChI is InChI=1S/C12H19Br/c1-11-4-8-3-9(6-11)10(13)12(2,5-8)7-11/h8-10H,3-7H2,1-2H3. The molecule has 0 aromatic rings. The maximum atomic E-state index is 3.96. The van der Waals surface area contributed by atoms with Gasteiger partial charge in [-0.15, -0.1) is 0 Å². The van der Waals surface area contributed by atoms with Crippen LogP contribution in [0.2, 0.25) is 0 Å². The highest BCUT2D eigenvalue weighted by atomic mass is 79.9. The number of hydrogen-bond acceptors (Lipinski definition) is 0. The molecule has 0 aromatic carbocycles. The van der Waals surface area contributed by atoms with E-state index in [2.05, 4.69) is 29.8 Å². The van der Waals surface area contributed by atoms with E-state index in [4.69, 9.17) is 0 Å². The van der Waals surface area contributed by atoms with Gasteiger partial charge in [0.2, 0.25) is 0 Å². The third-order valence-electron chi connectivity index (χ3n) is 4.84. The molecule has 0 saturated heterocycles. The highest BCUT2D eigenvalue weighted by Gasteiger charge is 2.57. The fourth-order valence-corrected chi connectivity index (χ4v) is 5.77. The van der Waals surface area contributed by atoms with Crippen LogP contribution in [0, 0.1) is 22.7 Å². The monoisotopic (exact) mass is 242 g/mol. The second-order valence-corrected chi connectivity index (χ2v) is 7.50. The molecule has 0 aliphatic heterocycles. The Kier molecular flexibility index (Phi) is 1.58. The maximum absolute atomic E-state index is 3.96. The van der Waals surface area contributed by atoms with Crippen LogP contribution in [0.25, 0.3) is 0 Å². The van der Waals surface area contributed by atoms with Crippen molar-refractivity contribution in [2.75, 3.05) is 0 Å². The summed E-state index contributed by atoms with van der Waals surface area (Å²) in [6.07, 6.45) is 7.51. The number of hydrogen-bond donors (Lipinski definition) is 0. The summed E-state index contributed by atoms with van der Waals surface area (Å²) in [5.41, 5.74) is 1.35. The lowest BCUT2D eigenvalue weighted by molar-refractivity contribution is -0.0837. The van der Waals surface area contributed by atoms with Crippen molar-refractivity contribution in [3.05, 3.63) is 0 Å². The Bertz CT molecular complexity index is 250. The van der Waals surface area contributed by atoms with E-state index in [-0.39, 0.29) is 0 Å². The van der Waals surface area contributed by atoms with Gasteiger partial charge in [-0.25, -0.2) is 0 Å². The van der Waals surface area contributed by atoms with Gasteiger partial charge in [0.1, 0.15) is 0 Å². The van der Waals surface area contributed by atoms with Crippen LogP contribution < -0.4 is 0 Å². The molecular formula is C12H19Br. The van der Waals surface area contributed by atoms with Crippen molar-refractivity contribution in [2.45, 2.75) is 50.8 Å². The van der Waals surface area contributed by atoms with E-state index >= 15 is 0 Å². The number of alkyl halides is 1. The molecule has 0 spiro atoms. The summed E-state index contributed by atoms with van der Waals surface area (Å²) in [6, 6.07) is 0. The van der Waals surface area contributed by atoms with Crippen LogP contribution in [-0.4, -0.2) is 4.83 Å². The van der Waals surface area contributed by atoms with Gasteiger partial charge in [0.15, 0.2) is 0 Å². The van der Waals surface area contributed by atoms with Crippen LogP contribution >= 0.6 is 15.9 Å². The highest BCUT2D eigenvalue weighted by molar-refractivity contribution is 9.09. The van der Waals surface area contributed by atoms with Crippen molar-refractivity contribution in [1.82, 2.24) is 0 Å². The first-order valence-electron chi connectivity index (χ1n) is 5.65. The number of halogens is 1. The second kappa shape index (κ2) is 2.35. The molecule has 4 aliphatic carbocycles. The van der Waals surface area contributed by atoms with Crippen LogP contribution in [-0.2, 0) is 0 Å². The van der Waals surface area contributed by atoms with Crippen molar-refractivity contribution in [3.8, 4) is 0 Å². The molecule has 4 fully saturated rings. The van der Waals surface area contributed by atoms with Gasteiger partial charge in [-0.05, 0) is 54.8 Å². The smallest absolute Gasteiger partial charge is 0.0228 e. The summed E-state index contributed by atoms with van der Waals surface area (Å²) in [5.74, 6) is 2.06. The van der Waals surface area contributed by atoms with Crippen molar-refractivity contribution in [3.63, 3.8) is 0 Å². The van der Waals surface area contributed by atoms with Crippen molar-refractivity contribution < 1.29 is 0 Å². The lowest BCUT2D eigenvalue weighted by atomic mass is 9.45. The third-order valence-corrected chi connectivity index (χ3v) is 6.69. The van der Waals surface area contributed by atoms with E-state index in [9.17, 15) is 0 Å². The average molecular weight is 243 g/mol. The summed E-state index contributed by atoms with van der Waals surface area (Å²) < 4.78 is 0. The molecule has 0 amide bonds. The Morgan fingerprint density at radius 2 is 1.92 bits per heavy atom. The molecule has 4 bridgehead atoms. The fourth-order valence-electron chi connectivity index (χ4n) is 5.02. The van der Waals surface area contributed by atoms with Gasteiger partial charge < -0.3 is 0 Å². The molecule has 1 heteroatoms. The minimum atomic E-state index is 0.638. The summed E-state index contributed by atoms with van der Waals surface area (Å²) >= 11 is 3.96. The van der Waals surface area contributed by atoms with E-state index in [0.29, 0.717) is 10.8 Å². The molecule has 0 nitrogen and oxygen atoms in total. The molecule has 5 unspecified atom stereocenters. The zero-order valence-corrected chi connectivity index (χ0v) is 10.2. The Hall–Kier alpha value is 0.480. The summed E-state index contributed by atoms with van der Waals surface area (Å²) in [4.78, 5) is 0.824. The van der Waals surface area contributed by atoms with Crippen LogP contribution in [0.4, 0.5) is 0 Å². The molecule has 13 heavy (non-hydrogen) atoms. The molecule has 0 heterocycles. The first-order valence-corrected chi connectivity index (χ1v) is 6.56. The van der Waals surface area contributed by atoms with E-state index < -0.39 is 0 Å². The molecule has 4 saturated carbocycles. The molecule has 0 radical (unpaired) electrons. The first kappa shape index (κ1) is 8.76. The normalized spacial score (nSPS) is 64.4. The Morgan fingerprint density at radius 1 is 1.15 bits per heavy atom. The van der Waals surface area contributed by atoms with Gasteiger partial charge in [0.05, 0.1) is 0 Å². The Labute approximate surface area is 89.6 Å². The fraction of sp³-hybridized carbons (Fsp3) is 1.00. The predicted octanol–water partition coefficient (Wildman–Crippen LogP) is 3.99. The lowest BCUT2D eigenvalue weighted by Crippen LogP contribution is -2.55. The first-order chi connectivity index (χ1) is 6.01. The molecule has 0 aromatic heterocycles. The lowest BCUT2D eigenvalue weighted by Gasteiger charge is -2.63. The predicted molar refractivity (Wildman–Crippen MR) is 59.0 cm³/mol. The largest absolute Gasteiger partial charge is 0.0882 e. The van der Waals surface area contributed by atoms with E-state index in [1.807, 2.05) is 0 Å². The second-order valence-electron chi connectivity index (χ2n) is 6.52. The van der Waals surface area contributed by atoms with Crippen LogP contribution in [0.5, 0.6) is 0 Å². The highest BCUT2D eigenvalue weighted by Crippen LogP contribution is 2.66. The summed E-state index contributed by atoms with van der Waals surface area (Å²) in [6.45, 7) is 5.05. The zero-order chi connectivity index (χ0) is 9.27. The Balaban J connectivity index is 2.01. The minimum Gasteiger partial charge on any atom is -0.0882 e. The SMILES string of the molecule is CC12CC3CC(C1)C(Br)C(C)(C3)C2. The van der Waals surface area contributed by atoms with Crippen molar-refractivity contribution >= 4 is 15.9 Å². The van der Waals surface area contributed by atoms with Crippen molar-refractivity contribution in [2.24, 2.45) is 22.7 Å². The van der Waals surface area contributed by atoms with Crippen LogP contribution in [0.15, 0.2) is 0 Å². The molecule has 74 valence electrons. The Morgan fingerprint density at radius 3 is 2.54 bits per heavy atom. The third kappa shape index (κ3) is 1.09. The number of rotatable bonds is 0. The molecular weight excluding hydrogens is 224 g/mol. The van der Waals surface area contributed by atoms with Gasteiger partial charge in [0, 0.05) is 4.83 Å². The maximum Gasteiger partial charge on any atom is 0.0228 e. The molecule has 4 rings (SSSR count). The van der Waals surface area contributed by atoms with E-state index in [1.165, 1.54) is 32.1 Å². The van der Waals surface area contributed by atoms with Crippen LogP contribution in [0.1, 0.15) is 46.0 Å². The zero-order valence-electron chi connectivity index (χ0n) is 8.65. The minimum absolute atomic E-state index is 0.638. The van der Waals surface area contributed by atoms with Gasteiger partial charge in [-0.3, -0.25) is 0 Å². The summed E-state index contributed by atoms with van der Waals surface area (Å²) in [7, 11) is 0. The molecule has 0 N–H and O–H groups in total.